The molecule has 4 nitrogen and oxygen atoms in total. The van der Waals surface area contributed by atoms with Gasteiger partial charge in [0.15, 0.2) is 19.7 Å². The Hall–Kier alpha value is -1.66. The first-order valence-electron chi connectivity index (χ1n) is 6.53. The van der Waals surface area contributed by atoms with E-state index in [2.05, 4.69) is 0 Å². The Morgan fingerprint density at radius 3 is 0.955 bits per heavy atom. The molecular weight excluding hydrogens is 320 g/mol. The molecule has 2 aromatic rings. The molecule has 6 heteroatoms. The van der Waals surface area contributed by atoms with E-state index >= 15 is 0 Å². The van der Waals surface area contributed by atoms with E-state index in [0.29, 0.717) is 9.79 Å². The number of rotatable bonds is 2. The molecule has 0 saturated carbocycles. The first-order valence-corrected chi connectivity index (χ1v) is 10.3. The van der Waals surface area contributed by atoms with Crippen LogP contribution in [0.15, 0.2) is 58.3 Å². The van der Waals surface area contributed by atoms with Crippen LogP contribution in [0.3, 0.4) is 0 Å². The summed E-state index contributed by atoms with van der Waals surface area (Å²) in [6, 6.07) is 13.6. The van der Waals surface area contributed by atoms with E-state index in [4.69, 9.17) is 0 Å². The quantitative estimate of drug-likeness (QED) is 0.843. The zero-order chi connectivity index (χ0) is 17.0. The van der Waals surface area contributed by atoms with Crippen molar-refractivity contribution in [3.05, 3.63) is 59.7 Å². The lowest BCUT2D eigenvalue weighted by Gasteiger charge is -1.96. The molecule has 2 rings (SSSR count). The minimum absolute atomic E-state index is 0.378. The zero-order valence-corrected chi connectivity index (χ0v) is 14.7. The molecule has 0 atom stereocenters. The SMILES string of the molecule is Cc1ccc(S(C)(=O)=O)cc1.Cc1ccc(S(C)(=O)=O)cc1. The Bertz CT molecular complexity index is 743. The van der Waals surface area contributed by atoms with Crippen molar-refractivity contribution in [3.8, 4) is 0 Å². The van der Waals surface area contributed by atoms with E-state index in [1.165, 1.54) is 12.5 Å². The van der Waals surface area contributed by atoms with Gasteiger partial charge < -0.3 is 0 Å². The van der Waals surface area contributed by atoms with E-state index in [-0.39, 0.29) is 0 Å². The van der Waals surface area contributed by atoms with Crippen LogP contribution in [0.25, 0.3) is 0 Å². The molecule has 0 saturated heterocycles. The number of hydrogen-bond acceptors (Lipinski definition) is 4. The summed E-state index contributed by atoms with van der Waals surface area (Å²) >= 11 is 0. The zero-order valence-electron chi connectivity index (χ0n) is 13.1. The van der Waals surface area contributed by atoms with Gasteiger partial charge in [0, 0.05) is 12.5 Å². The standard InChI is InChI=1S/2C8H10O2S/c2*1-7-3-5-8(6-4-7)11(2,9)10/h2*3-6H,1-2H3. The molecule has 120 valence electrons. The minimum atomic E-state index is -3.02. The Labute approximate surface area is 132 Å². The summed E-state index contributed by atoms with van der Waals surface area (Å²) in [5.74, 6) is 0. The molecule has 0 fully saturated rings. The molecule has 0 unspecified atom stereocenters. The van der Waals surface area contributed by atoms with Crippen molar-refractivity contribution in [1.82, 2.24) is 0 Å². The van der Waals surface area contributed by atoms with Crippen LogP contribution >= 0.6 is 0 Å². The number of hydrogen-bond donors (Lipinski definition) is 0. The largest absolute Gasteiger partial charge is 0.224 e. The van der Waals surface area contributed by atoms with Crippen molar-refractivity contribution >= 4 is 19.7 Å². The van der Waals surface area contributed by atoms with Gasteiger partial charge in [-0.2, -0.15) is 0 Å². The lowest BCUT2D eigenvalue weighted by atomic mass is 10.2. The van der Waals surface area contributed by atoms with Crippen molar-refractivity contribution in [2.24, 2.45) is 0 Å². The molecule has 0 amide bonds. The van der Waals surface area contributed by atoms with Crippen LogP contribution in [0.2, 0.25) is 0 Å². The van der Waals surface area contributed by atoms with Gasteiger partial charge in [0.05, 0.1) is 9.79 Å². The van der Waals surface area contributed by atoms with Crippen molar-refractivity contribution in [1.29, 1.82) is 0 Å². The maximum absolute atomic E-state index is 10.9. The van der Waals surface area contributed by atoms with E-state index in [1.807, 2.05) is 13.8 Å². The average Bonchev–Trinajstić information content (AvgIpc) is 2.38. The highest BCUT2D eigenvalue weighted by Crippen LogP contribution is 2.09. The van der Waals surface area contributed by atoms with Gasteiger partial charge in [-0.1, -0.05) is 35.4 Å². The molecule has 0 bridgehead atoms. The van der Waals surface area contributed by atoms with Crippen LogP contribution in [0.1, 0.15) is 11.1 Å². The fourth-order valence-electron chi connectivity index (χ4n) is 1.57. The molecule has 22 heavy (non-hydrogen) atoms. The van der Waals surface area contributed by atoms with Gasteiger partial charge in [-0.3, -0.25) is 0 Å². The smallest absolute Gasteiger partial charge is 0.175 e. The topological polar surface area (TPSA) is 68.3 Å². The predicted octanol–water partition coefficient (Wildman–Crippen LogP) is 2.80. The highest BCUT2D eigenvalue weighted by atomic mass is 32.2. The third kappa shape index (κ3) is 5.99. The summed E-state index contributed by atoms with van der Waals surface area (Å²) in [6.07, 6.45) is 2.41. The van der Waals surface area contributed by atoms with E-state index in [1.54, 1.807) is 48.5 Å². The molecule has 0 aliphatic carbocycles. The summed E-state index contributed by atoms with van der Waals surface area (Å²) in [7, 11) is -6.04. The van der Waals surface area contributed by atoms with Crippen LogP contribution in [0.4, 0.5) is 0 Å². The highest BCUT2D eigenvalue weighted by molar-refractivity contribution is 7.91. The minimum Gasteiger partial charge on any atom is -0.224 e. The Morgan fingerprint density at radius 2 is 0.773 bits per heavy atom. The second kappa shape index (κ2) is 7.07. The van der Waals surface area contributed by atoms with Gasteiger partial charge in [0.25, 0.3) is 0 Å². The fraction of sp³-hybridized carbons (Fsp3) is 0.250. The monoisotopic (exact) mass is 340 g/mol. The maximum Gasteiger partial charge on any atom is 0.175 e. The Kier molecular flexibility index (Phi) is 5.91. The molecule has 0 aromatic heterocycles. The van der Waals surface area contributed by atoms with Crippen LogP contribution in [0.5, 0.6) is 0 Å². The Balaban J connectivity index is 0.000000220. The highest BCUT2D eigenvalue weighted by Gasteiger charge is 2.04. The summed E-state index contributed by atoms with van der Waals surface area (Å²) < 4.78 is 43.8. The van der Waals surface area contributed by atoms with Crippen molar-refractivity contribution in [2.45, 2.75) is 23.6 Å². The second-order valence-electron chi connectivity index (χ2n) is 5.17. The third-order valence-corrected chi connectivity index (χ3v) is 5.16. The fourth-order valence-corrected chi connectivity index (χ4v) is 2.83. The second-order valence-corrected chi connectivity index (χ2v) is 9.20. The van der Waals surface area contributed by atoms with Crippen molar-refractivity contribution in [3.63, 3.8) is 0 Å². The van der Waals surface area contributed by atoms with Crippen LogP contribution < -0.4 is 0 Å². The van der Waals surface area contributed by atoms with E-state index < -0.39 is 19.7 Å². The van der Waals surface area contributed by atoms with Gasteiger partial charge >= 0.3 is 0 Å². The summed E-state index contributed by atoms with van der Waals surface area (Å²) in [5, 5.41) is 0. The molecule has 2 aromatic carbocycles. The first-order chi connectivity index (χ1) is 10.00. The normalized spacial score (nSPS) is 11.5. The summed E-state index contributed by atoms with van der Waals surface area (Å²) in [6.45, 7) is 3.85. The third-order valence-electron chi connectivity index (χ3n) is 2.90. The average molecular weight is 340 g/mol. The molecule has 0 heterocycles. The number of sulfone groups is 2. The number of benzene rings is 2. The lowest BCUT2D eigenvalue weighted by molar-refractivity contribution is 0.600. The van der Waals surface area contributed by atoms with Gasteiger partial charge in [0.1, 0.15) is 0 Å². The van der Waals surface area contributed by atoms with Crippen LogP contribution in [0, 0.1) is 13.8 Å². The molecule has 0 aliphatic heterocycles. The summed E-state index contributed by atoms with van der Waals surface area (Å²) in [5.41, 5.74) is 2.13. The molecular formula is C16H20O4S2. The van der Waals surface area contributed by atoms with Crippen LogP contribution in [-0.2, 0) is 19.7 Å². The van der Waals surface area contributed by atoms with Gasteiger partial charge in [-0.25, -0.2) is 16.8 Å². The summed E-state index contributed by atoms with van der Waals surface area (Å²) in [4.78, 5) is 0.756. The molecule has 0 spiro atoms. The van der Waals surface area contributed by atoms with Gasteiger partial charge in [-0.05, 0) is 38.1 Å². The first kappa shape index (κ1) is 18.4. The maximum atomic E-state index is 10.9. The van der Waals surface area contributed by atoms with E-state index in [0.717, 1.165) is 11.1 Å². The Morgan fingerprint density at radius 1 is 0.545 bits per heavy atom. The molecule has 0 radical (unpaired) electrons. The van der Waals surface area contributed by atoms with Crippen molar-refractivity contribution < 1.29 is 16.8 Å². The van der Waals surface area contributed by atoms with Crippen molar-refractivity contribution in [2.75, 3.05) is 12.5 Å². The number of aryl methyl sites for hydroxylation is 2. The van der Waals surface area contributed by atoms with Gasteiger partial charge in [0.2, 0.25) is 0 Å². The molecule has 0 aliphatic rings. The van der Waals surface area contributed by atoms with Crippen LogP contribution in [-0.4, -0.2) is 29.3 Å². The lowest BCUT2D eigenvalue weighted by Crippen LogP contribution is -1.95. The van der Waals surface area contributed by atoms with Gasteiger partial charge in [-0.15, -0.1) is 0 Å². The van der Waals surface area contributed by atoms with E-state index in [9.17, 15) is 16.8 Å². The predicted molar refractivity (Wildman–Crippen MR) is 88.6 cm³/mol. The molecule has 0 N–H and O–H groups in total.